The summed E-state index contributed by atoms with van der Waals surface area (Å²) in [5.74, 6) is 0.915. The van der Waals surface area contributed by atoms with Crippen molar-refractivity contribution in [1.82, 2.24) is 0 Å². The Bertz CT molecular complexity index is 677. The number of halogens is 1. The molecule has 0 bridgehead atoms. The first-order valence-corrected chi connectivity index (χ1v) is 8.71. The van der Waals surface area contributed by atoms with Gasteiger partial charge in [0.05, 0.1) is 16.7 Å². The van der Waals surface area contributed by atoms with Crippen LogP contribution in [0.2, 0.25) is 0 Å². The molecule has 2 aromatic rings. The zero-order valence-corrected chi connectivity index (χ0v) is 13.7. The van der Waals surface area contributed by atoms with Crippen LogP contribution in [0.5, 0.6) is 0 Å². The maximum Gasteiger partial charge on any atom is 0.178 e. The van der Waals surface area contributed by atoms with Crippen molar-refractivity contribution in [2.45, 2.75) is 24.8 Å². The molecular weight excluding hydrogens is 342 g/mol. The smallest absolute Gasteiger partial charge is 0.178 e. The second-order valence-electron chi connectivity index (χ2n) is 4.44. The summed E-state index contributed by atoms with van der Waals surface area (Å²) in [5, 5.41) is 3.26. The molecule has 0 aliphatic heterocycles. The summed E-state index contributed by atoms with van der Waals surface area (Å²) in [6.45, 7) is 3.61. The Balaban J connectivity index is 2.11. The van der Waals surface area contributed by atoms with E-state index in [1.165, 1.54) is 0 Å². The van der Waals surface area contributed by atoms with Gasteiger partial charge in [-0.25, -0.2) is 8.42 Å². The van der Waals surface area contributed by atoms with Crippen molar-refractivity contribution >= 4 is 31.5 Å². The van der Waals surface area contributed by atoms with Crippen LogP contribution in [0.3, 0.4) is 0 Å². The summed E-state index contributed by atoms with van der Waals surface area (Å²) in [6.07, 6.45) is 0. The average molecular weight is 358 g/mol. The molecule has 1 aromatic carbocycles. The summed E-state index contributed by atoms with van der Waals surface area (Å²) in [6, 6.07) is 10.5. The lowest BCUT2D eigenvalue weighted by molar-refractivity contribution is 0.471. The molecule has 1 aromatic heterocycles. The fraction of sp³-hybridized carbons (Fsp3) is 0.286. The molecule has 6 heteroatoms. The fourth-order valence-electron chi connectivity index (χ4n) is 1.81. The molecule has 0 aliphatic carbocycles. The Hall–Kier alpha value is -1.27. The second-order valence-corrected chi connectivity index (χ2v) is 7.50. The highest BCUT2D eigenvalue weighted by atomic mass is 79.9. The van der Waals surface area contributed by atoms with Gasteiger partial charge in [-0.15, -0.1) is 0 Å². The topological polar surface area (TPSA) is 59.3 Å². The van der Waals surface area contributed by atoms with Crippen molar-refractivity contribution in [2.24, 2.45) is 0 Å². The highest BCUT2D eigenvalue weighted by molar-refractivity contribution is 9.10. The van der Waals surface area contributed by atoms with Gasteiger partial charge in [-0.05, 0) is 59.3 Å². The van der Waals surface area contributed by atoms with Crippen molar-refractivity contribution in [2.75, 3.05) is 11.1 Å². The highest BCUT2D eigenvalue weighted by Crippen LogP contribution is 2.24. The van der Waals surface area contributed by atoms with Gasteiger partial charge in [0.2, 0.25) is 0 Å². The Morgan fingerprint density at radius 2 is 1.85 bits per heavy atom. The van der Waals surface area contributed by atoms with Crippen LogP contribution in [0.4, 0.5) is 5.69 Å². The Labute approximate surface area is 127 Å². The van der Waals surface area contributed by atoms with Crippen LogP contribution in [0.1, 0.15) is 25.6 Å². The van der Waals surface area contributed by atoms with E-state index in [0.717, 1.165) is 11.4 Å². The van der Waals surface area contributed by atoms with E-state index in [2.05, 4.69) is 21.2 Å². The number of anilines is 1. The third-order valence-corrected chi connectivity index (χ3v) is 5.17. The number of rotatable bonds is 5. The minimum absolute atomic E-state index is 0.00469. The van der Waals surface area contributed by atoms with E-state index >= 15 is 0 Å². The van der Waals surface area contributed by atoms with E-state index in [1.54, 1.807) is 31.2 Å². The van der Waals surface area contributed by atoms with Crippen LogP contribution in [0.15, 0.2) is 50.4 Å². The number of nitrogens with one attached hydrogen (secondary N) is 1. The summed E-state index contributed by atoms with van der Waals surface area (Å²) >= 11 is 3.26. The lowest BCUT2D eigenvalue weighted by Gasteiger charge is -2.13. The second kappa shape index (κ2) is 6.01. The normalized spacial score (nSPS) is 13.2. The first-order valence-electron chi connectivity index (χ1n) is 6.27. The zero-order chi connectivity index (χ0) is 14.8. The van der Waals surface area contributed by atoms with Crippen molar-refractivity contribution < 1.29 is 12.8 Å². The predicted molar refractivity (Wildman–Crippen MR) is 82.6 cm³/mol. The Morgan fingerprint density at radius 1 is 1.20 bits per heavy atom. The molecule has 0 amide bonds. The van der Waals surface area contributed by atoms with Crippen molar-refractivity contribution in [1.29, 1.82) is 0 Å². The summed E-state index contributed by atoms with van der Waals surface area (Å²) in [4.78, 5) is 0.346. The van der Waals surface area contributed by atoms with Crippen LogP contribution in [-0.2, 0) is 9.84 Å². The monoisotopic (exact) mass is 357 g/mol. The summed E-state index contributed by atoms with van der Waals surface area (Å²) < 4.78 is 29.6. The number of furan rings is 1. The van der Waals surface area contributed by atoms with Gasteiger partial charge in [0, 0.05) is 5.69 Å². The number of hydrogen-bond donors (Lipinski definition) is 1. The van der Waals surface area contributed by atoms with E-state index < -0.39 is 9.84 Å². The number of hydrogen-bond acceptors (Lipinski definition) is 4. The van der Waals surface area contributed by atoms with Crippen LogP contribution in [0, 0.1) is 0 Å². The minimum Gasteiger partial charge on any atom is -0.452 e. The molecule has 1 unspecified atom stereocenters. The lowest BCUT2D eigenvalue weighted by atomic mass is 10.2. The summed E-state index contributed by atoms with van der Waals surface area (Å²) in [5.41, 5.74) is 0.847. The molecule has 0 aliphatic rings. The lowest BCUT2D eigenvalue weighted by Crippen LogP contribution is -2.07. The van der Waals surface area contributed by atoms with E-state index in [1.807, 2.05) is 19.1 Å². The molecule has 2 rings (SSSR count). The zero-order valence-electron chi connectivity index (χ0n) is 11.3. The van der Waals surface area contributed by atoms with E-state index in [4.69, 9.17) is 4.42 Å². The molecule has 0 saturated carbocycles. The molecule has 108 valence electrons. The Morgan fingerprint density at radius 3 is 2.35 bits per heavy atom. The molecular formula is C14H16BrNO3S. The van der Waals surface area contributed by atoms with Crippen LogP contribution in [-0.4, -0.2) is 14.2 Å². The van der Waals surface area contributed by atoms with Gasteiger partial charge in [-0.2, -0.15) is 0 Å². The maximum absolute atomic E-state index is 11.7. The molecule has 1 N–H and O–H groups in total. The number of sulfone groups is 1. The van der Waals surface area contributed by atoms with E-state index in [0.29, 0.717) is 9.56 Å². The van der Waals surface area contributed by atoms with Crippen molar-refractivity contribution in [3.8, 4) is 0 Å². The van der Waals surface area contributed by atoms with Gasteiger partial charge in [0.25, 0.3) is 0 Å². The standard InChI is InChI=1S/C14H16BrNO3S/c1-3-20(17,18)12-6-4-11(5-7-12)16-10(2)13-8-9-14(15)19-13/h4-10,16H,3H2,1-2H3. The van der Waals surface area contributed by atoms with Crippen LogP contribution in [0.25, 0.3) is 0 Å². The average Bonchev–Trinajstić information content (AvgIpc) is 2.86. The van der Waals surface area contributed by atoms with Gasteiger partial charge in [0.15, 0.2) is 14.5 Å². The quantitative estimate of drug-likeness (QED) is 0.877. The van der Waals surface area contributed by atoms with Crippen LogP contribution >= 0.6 is 15.9 Å². The minimum atomic E-state index is -3.14. The van der Waals surface area contributed by atoms with Crippen LogP contribution < -0.4 is 5.32 Å². The SMILES string of the molecule is CCS(=O)(=O)c1ccc(NC(C)c2ccc(Br)o2)cc1. The largest absolute Gasteiger partial charge is 0.452 e. The van der Waals surface area contributed by atoms with Gasteiger partial charge >= 0.3 is 0 Å². The molecule has 1 heterocycles. The van der Waals surface area contributed by atoms with Gasteiger partial charge in [-0.1, -0.05) is 6.92 Å². The highest BCUT2D eigenvalue weighted by Gasteiger charge is 2.12. The third kappa shape index (κ3) is 3.43. The Kier molecular flexibility index (Phi) is 4.55. The molecule has 0 fully saturated rings. The molecule has 1 atom stereocenters. The molecule has 0 spiro atoms. The third-order valence-electron chi connectivity index (χ3n) is 3.00. The van der Waals surface area contributed by atoms with E-state index in [9.17, 15) is 8.42 Å². The fourth-order valence-corrected chi connectivity index (χ4v) is 3.01. The predicted octanol–water partition coefficient (Wildman–Crippen LogP) is 4.01. The van der Waals surface area contributed by atoms with Gasteiger partial charge < -0.3 is 9.73 Å². The van der Waals surface area contributed by atoms with Gasteiger partial charge in [0.1, 0.15) is 5.76 Å². The van der Waals surface area contributed by atoms with Crippen molar-refractivity contribution in [3.63, 3.8) is 0 Å². The molecule has 0 radical (unpaired) electrons. The van der Waals surface area contributed by atoms with E-state index in [-0.39, 0.29) is 11.8 Å². The molecule has 4 nitrogen and oxygen atoms in total. The first-order chi connectivity index (χ1) is 9.42. The summed E-state index contributed by atoms with van der Waals surface area (Å²) in [7, 11) is -3.14. The number of benzene rings is 1. The van der Waals surface area contributed by atoms with Crippen molar-refractivity contribution in [3.05, 3.63) is 46.8 Å². The van der Waals surface area contributed by atoms with Gasteiger partial charge in [-0.3, -0.25) is 0 Å². The maximum atomic E-state index is 11.7. The molecule has 0 saturated heterocycles. The first kappa shape index (κ1) is 15.1. The molecule has 20 heavy (non-hydrogen) atoms.